The number of likely N-dealkylation sites (tertiary alicyclic amines) is 1. The van der Waals surface area contributed by atoms with Gasteiger partial charge in [0.1, 0.15) is 17.2 Å². The first kappa shape index (κ1) is 33.8. The molecule has 0 spiro atoms. The minimum Gasteiger partial charge on any atom is -0.390 e. The maximum atomic E-state index is 13.4. The number of aliphatic hydroxyl groups is 2. The molecule has 4 unspecified atom stereocenters. The third-order valence-corrected chi connectivity index (χ3v) is 9.21. The third kappa shape index (κ3) is 9.16. The molecular weight excluding hydrogens is 558 g/mol. The Kier molecular flexibility index (Phi) is 13.1. The van der Waals surface area contributed by atoms with Crippen LogP contribution in [0.15, 0.2) is 17.5 Å². The number of likely N-dealkylation sites (N-methyl/N-ethyl adjacent to an activating group) is 1. The smallest absolute Gasteiger partial charge is 0.253 e. The number of aliphatic hydroxyl groups excluding tert-OH is 2. The van der Waals surface area contributed by atoms with Crippen molar-refractivity contribution in [2.24, 2.45) is 5.92 Å². The molecule has 2 aliphatic heterocycles. The van der Waals surface area contributed by atoms with Crippen molar-refractivity contribution < 1.29 is 29.4 Å². The lowest BCUT2D eigenvalue weighted by Gasteiger charge is -2.37. The van der Waals surface area contributed by atoms with Gasteiger partial charge in [-0.2, -0.15) is 0 Å². The topological polar surface area (TPSA) is 143 Å². The summed E-state index contributed by atoms with van der Waals surface area (Å²) in [5.41, 5.74) is 0.512. The molecule has 0 aliphatic carbocycles. The second kappa shape index (κ2) is 16.3. The van der Waals surface area contributed by atoms with E-state index >= 15 is 0 Å². The van der Waals surface area contributed by atoms with Gasteiger partial charge in [0.2, 0.25) is 11.8 Å². The number of piperidine rings is 1. The molecule has 234 valence electrons. The average molecular weight is 606 g/mol. The lowest BCUT2D eigenvalue weighted by atomic mass is 9.96. The van der Waals surface area contributed by atoms with Crippen molar-refractivity contribution in [3.05, 3.63) is 28.2 Å². The van der Waals surface area contributed by atoms with Gasteiger partial charge < -0.3 is 20.4 Å². The van der Waals surface area contributed by atoms with E-state index in [0.717, 1.165) is 58.0 Å². The fraction of sp³-hybridized carbons (Fsp3) is 0.700. The summed E-state index contributed by atoms with van der Waals surface area (Å²) < 4.78 is 0. The first-order valence-electron chi connectivity index (χ1n) is 15.1. The number of nitrogens with one attached hydrogen (secondary N) is 1. The molecule has 4 atom stereocenters. The van der Waals surface area contributed by atoms with Crippen molar-refractivity contribution >= 4 is 35.0 Å². The zero-order valence-electron chi connectivity index (χ0n) is 25.3. The molecule has 1 aromatic heterocycles. The summed E-state index contributed by atoms with van der Waals surface area (Å²) in [5.74, 6) is -0.770. The van der Waals surface area contributed by atoms with Crippen LogP contribution in [0, 0.1) is 5.92 Å². The van der Waals surface area contributed by atoms with Crippen molar-refractivity contribution in [2.45, 2.75) is 103 Å². The highest BCUT2D eigenvalue weighted by Gasteiger charge is 2.33. The number of aromatic nitrogens is 1. The number of imide groups is 1. The number of hydrogen-bond donors (Lipinski definition) is 3. The van der Waals surface area contributed by atoms with E-state index in [0.29, 0.717) is 23.7 Å². The van der Waals surface area contributed by atoms with Gasteiger partial charge in [0.05, 0.1) is 18.3 Å². The van der Waals surface area contributed by atoms with Crippen molar-refractivity contribution in [1.29, 1.82) is 0 Å². The summed E-state index contributed by atoms with van der Waals surface area (Å²) in [7, 11) is 1.71. The second-order valence-electron chi connectivity index (χ2n) is 11.7. The van der Waals surface area contributed by atoms with E-state index in [2.05, 4.69) is 15.2 Å². The normalized spacial score (nSPS) is 19.8. The number of carbonyl (C=O) groups excluding carboxylic acids is 4. The van der Waals surface area contributed by atoms with Crippen LogP contribution >= 0.6 is 11.3 Å². The number of carbonyl (C=O) groups is 4. The van der Waals surface area contributed by atoms with Crippen LogP contribution in [0.3, 0.4) is 0 Å². The lowest BCUT2D eigenvalue weighted by molar-refractivity contribution is -0.139. The zero-order valence-corrected chi connectivity index (χ0v) is 26.1. The monoisotopic (exact) mass is 605 g/mol. The molecule has 3 heterocycles. The summed E-state index contributed by atoms with van der Waals surface area (Å²) in [5, 5.41) is 25.2. The Morgan fingerprint density at radius 3 is 2.38 bits per heavy atom. The van der Waals surface area contributed by atoms with Gasteiger partial charge in [-0.3, -0.25) is 29.0 Å². The Morgan fingerprint density at radius 1 is 1.10 bits per heavy atom. The van der Waals surface area contributed by atoms with Crippen molar-refractivity contribution in [2.75, 3.05) is 26.7 Å². The number of nitrogens with zero attached hydrogens (tertiary/aromatic N) is 4. The highest BCUT2D eigenvalue weighted by Crippen LogP contribution is 2.27. The molecule has 1 saturated heterocycles. The summed E-state index contributed by atoms with van der Waals surface area (Å²) in [6.45, 7) is 7.57. The van der Waals surface area contributed by atoms with Crippen LogP contribution in [-0.4, -0.2) is 98.3 Å². The quantitative estimate of drug-likeness (QED) is 0.193. The van der Waals surface area contributed by atoms with Gasteiger partial charge >= 0.3 is 0 Å². The number of rotatable bonds is 16. The Morgan fingerprint density at radius 2 is 1.76 bits per heavy atom. The molecule has 3 N–H and O–H groups in total. The SMILES string of the molecule is CC(NC(=O)C1CCCCN1CCCCCCN1C(=O)C=CC1=O)C(=O)N(C)C(CC(O)c1nc(CO)cs1)C(C)C. The largest absolute Gasteiger partial charge is 0.390 e. The summed E-state index contributed by atoms with van der Waals surface area (Å²) >= 11 is 1.29. The molecule has 42 heavy (non-hydrogen) atoms. The summed E-state index contributed by atoms with van der Waals surface area (Å²) in [6, 6.07) is -1.26. The van der Waals surface area contributed by atoms with Gasteiger partial charge in [-0.1, -0.05) is 33.1 Å². The van der Waals surface area contributed by atoms with E-state index in [1.165, 1.54) is 28.4 Å². The molecule has 0 aromatic carbocycles. The summed E-state index contributed by atoms with van der Waals surface area (Å²) in [6.07, 6.45) is 8.32. The molecule has 11 nitrogen and oxygen atoms in total. The molecule has 3 rings (SSSR count). The second-order valence-corrected chi connectivity index (χ2v) is 12.6. The van der Waals surface area contributed by atoms with Crippen LogP contribution in [0.1, 0.15) is 88.9 Å². The number of amides is 4. The van der Waals surface area contributed by atoms with Crippen LogP contribution in [0.4, 0.5) is 0 Å². The number of thiazole rings is 1. The van der Waals surface area contributed by atoms with E-state index < -0.39 is 12.1 Å². The third-order valence-electron chi connectivity index (χ3n) is 8.22. The highest BCUT2D eigenvalue weighted by molar-refractivity contribution is 7.09. The first-order chi connectivity index (χ1) is 20.0. The van der Waals surface area contributed by atoms with E-state index in [4.69, 9.17) is 0 Å². The Labute approximate surface area is 253 Å². The Balaban J connectivity index is 1.46. The van der Waals surface area contributed by atoms with Crippen molar-refractivity contribution in [3.8, 4) is 0 Å². The minimum atomic E-state index is -0.860. The zero-order chi connectivity index (χ0) is 30.8. The van der Waals surface area contributed by atoms with E-state index in [1.54, 1.807) is 24.3 Å². The molecule has 1 aromatic rings. The minimum absolute atomic E-state index is 0.0654. The van der Waals surface area contributed by atoms with E-state index in [-0.39, 0.29) is 48.2 Å². The molecule has 0 radical (unpaired) electrons. The van der Waals surface area contributed by atoms with Crippen LogP contribution in [0.2, 0.25) is 0 Å². The van der Waals surface area contributed by atoms with Gasteiger partial charge in [-0.05, 0) is 51.6 Å². The number of unbranched alkanes of at least 4 members (excludes halogenated alkanes) is 3. The summed E-state index contributed by atoms with van der Waals surface area (Å²) in [4.78, 5) is 59.4. The van der Waals surface area contributed by atoms with Crippen LogP contribution < -0.4 is 5.32 Å². The van der Waals surface area contributed by atoms with Gasteiger partial charge in [0.15, 0.2) is 0 Å². The van der Waals surface area contributed by atoms with Crippen LogP contribution in [-0.2, 0) is 25.8 Å². The van der Waals surface area contributed by atoms with Gasteiger partial charge in [-0.15, -0.1) is 11.3 Å². The maximum absolute atomic E-state index is 13.4. The average Bonchev–Trinajstić information content (AvgIpc) is 3.59. The molecular formula is C30H47N5O6S. The van der Waals surface area contributed by atoms with Crippen LogP contribution in [0.25, 0.3) is 0 Å². The molecule has 0 saturated carbocycles. The molecule has 2 aliphatic rings. The predicted octanol–water partition coefficient (Wildman–Crippen LogP) is 2.39. The Bertz CT molecular complexity index is 1090. The molecule has 1 fully saturated rings. The molecule has 0 bridgehead atoms. The fourth-order valence-corrected chi connectivity index (χ4v) is 6.55. The van der Waals surface area contributed by atoms with Crippen molar-refractivity contribution in [1.82, 2.24) is 25.0 Å². The highest BCUT2D eigenvalue weighted by atomic mass is 32.1. The number of hydrogen-bond acceptors (Lipinski definition) is 9. The van der Waals surface area contributed by atoms with Gasteiger partial charge in [0.25, 0.3) is 11.8 Å². The van der Waals surface area contributed by atoms with Crippen LogP contribution in [0.5, 0.6) is 0 Å². The maximum Gasteiger partial charge on any atom is 0.253 e. The van der Waals surface area contributed by atoms with Gasteiger partial charge in [-0.25, -0.2) is 4.98 Å². The Hall–Kier alpha value is -2.67. The predicted molar refractivity (Wildman–Crippen MR) is 160 cm³/mol. The van der Waals surface area contributed by atoms with E-state index in [1.807, 2.05) is 13.8 Å². The first-order valence-corrected chi connectivity index (χ1v) is 16.0. The van der Waals surface area contributed by atoms with E-state index in [9.17, 15) is 29.4 Å². The van der Waals surface area contributed by atoms with Gasteiger partial charge in [0, 0.05) is 43.6 Å². The molecule has 12 heteroatoms. The lowest BCUT2D eigenvalue weighted by Crippen LogP contribution is -2.55. The molecule has 4 amide bonds. The fourth-order valence-electron chi connectivity index (χ4n) is 5.74. The van der Waals surface area contributed by atoms with Crippen molar-refractivity contribution in [3.63, 3.8) is 0 Å². The standard InChI is InChI=1S/C30H47N5O6S/c1-20(2)24(17-25(37)29-32-22(18-36)19-42-29)33(4)30(41)21(3)31-28(40)23-11-7-10-15-34(23)14-8-5-6-9-16-35-26(38)12-13-27(35)39/h12-13,19-21,23-25,36-37H,5-11,14-18H2,1-4H3,(H,31,40).